The quantitative estimate of drug-likeness (QED) is 0.607. The van der Waals surface area contributed by atoms with E-state index in [-0.39, 0.29) is 6.04 Å². The van der Waals surface area contributed by atoms with Crippen LogP contribution in [-0.2, 0) is 0 Å². The number of benzene rings is 1. The van der Waals surface area contributed by atoms with Crippen molar-refractivity contribution < 1.29 is 8.78 Å². The first-order valence-corrected chi connectivity index (χ1v) is 8.74. The summed E-state index contributed by atoms with van der Waals surface area (Å²) in [4.78, 5) is 12.9. The summed E-state index contributed by atoms with van der Waals surface area (Å²) in [5, 5.41) is 13.4. The topological polar surface area (TPSA) is 91.4 Å². The van der Waals surface area contributed by atoms with E-state index in [1.54, 1.807) is 6.92 Å². The monoisotopic (exact) mass is 371 g/mol. The largest absolute Gasteiger partial charge is 0.348 e. The van der Waals surface area contributed by atoms with Crippen LogP contribution in [0.15, 0.2) is 24.3 Å². The van der Waals surface area contributed by atoms with Crippen LogP contribution in [-0.4, -0.2) is 25.1 Å². The number of aryl methyl sites for hydroxylation is 1. The molecule has 4 rings (SSSR count). The molecule has 2 aromatic heterocycles. The van der Waals surface area contributed by atoms with E-state index in [1.165, 1.54) is 18.9 Å². The number of hydrogen-bond donors (Lipinski definition) is 3. The maximum Gasteiger partial charge on any atom is 0.233 e. The van der Waals surface area contributed by atoms with E-state index < -0.39 is 11.6 Å². The van der Waals surface area contributed by atoms with Crippen molar-refractivity contribution in [2.75, 3.05) is 10.6 Å². The van der Waals surface area contributed by atoms with Crippen LogP contribution in [0.25, 0.3) is 0 Å². The summed E-state index contributed by atoms with van der Waals surface area (Å²) in [5.74, 6) is 0.657. The second kappa shape index (κ2) is 6.90. The van der Waals surface area contributed by atoms with Gasteiger partial charge < -0.3 is 10.6 Å². The van der Waals surface area contributed by atoms with E-state index in [0.717, 1.165) is 17.8 Å². The number of aromatic nitrogens is 5. The van der Waals surface area contributed by atoms with Gasteiger partial charge in [0.1, 0.15) is 5.82 Å². The Balaban J connectivity index is 1.49. The first kappa shape index (κ1) is 17.3. The Bertz CT molecular complexity index is 968. The van der Waals surface area contributed by atoms with Crippen molar-refractivity contribution in [3.63, 3.8) is 0 Å². The number of nitrogens with one attached hydrogen (secondary N) is 3. The number of rotatable bonds is 6. The molecule has 0 saturated heterocycles. The van der Waals surface area contributed by atoms with Gasteiger partial charge in [-0.25, -0.2) is 8.78 Å². The highest BCUT2D eigenvalue weighted by Crippen LogP contribution is 2.39. The molecule has 3 N–H and O–H groups in total. The molecule has 0 spiro atoms. The lowest BCUT2D eigenvalue weighted by Gasteiger charge is -2.15. The zero-order valence-electron chi connectivity index (χ0n) is 14.9. The SMILES string of the molecule is Cc1nc(Nc2cc(C3CC3)[nH]n2)nc(NC(C)c2ccc(F)c(F)c2)n1. The van der Waals surface area contributed by atoms with Gasteiger partial charge >= 0.3 is 0 Å². The van der Waals surface area contributed by atoms with Gasteiger partial charge in [0.15, 0.2) is 17.5 Å². The minimum Gasteiger partial charge on any atom is -0.348 e. The molecule has 1 aliphatic carbocycles. The first-order chi connectivity index (χ1) is 13.0. The third-order valence-corrected chi connectivity index (χ3v) is 4.39. The van der Waals surface area contributed by atoms with Crippen molar-refractivity contribution >= 4 is 17.7 Å². The molecule has 0 amide bonds. The molecule has 7 nitrogen and oxygen atoms in total. The minimum absolute atomic E-state index is 0.318. The van der Waals surface area contributed by atoms with Gasteiger partial charge in [-0.2, -0.15) is 20.1 Å². The molecule has 1 atom stereocenters. The van der Waals surface area contributed by atoms with Crippen LogP contribution in [0, 0.1) is 18.6 Å². The fourth-order valence-electron chi connectivity index (χ4n) is 2.78. The Labute approximate surface area is 154 Å². The highest BCUT2D eigenvalue weighted by molar-refractivity contribution is 5.50. The third kappa shape index (κ3) is 4.02. The Morgan fingerprint density at radius 1 is 1.07 bits per heavy atom. The molecule has 0 bridgehead atoms. The van der Waals surface area contributed by atoms with Crippen molar-refractivity contribution in [3.8, 4) is 0 Å². The van der Waals surface area contributed by atoms with Gasteiger partial charge in [-0.3, -0.25) is 5.10 Å². The second-order valence-corrected chi connectivity index (χ2v) is 6.68. The first-order valence-electron chi connectivity index (χ1n) is 8.74. The van der Waals surface area contributed by atoms with Crippen LogP contribution in [0.1, 0.15) is 48.8 Å². The average Bonchev–Trinajstić information content (AvgIpc) is 3.36. The molecule has 1 aliphatic rings. The molecule has 1 aromatic carbocycles. The standard InChI is InChI=1S/C18H19F2N7/c1-9(12-5-6-13(19)14(20)7-12)21-17-22-10(2)23-18(25-17)24-16-8-15(26-27-16)11-3-4-11/h5-9,11H,3-4H2,1-2H3,(H3,21,22,23,24,25,26,27). The molecular weight excluding hydrogens is 352 g/mol. The molecule has 0 aliphatic heterocycles. The van der Waals surface area contributed by atoms with E-state index in [0.29, 0.717) is 35.0 Å². The van der Waals surface area contributed by atoms with Gasteiger partial charge in [0, 0.05) is 17.7 Å². The highest BCUT2D eigenvalue weighted by atomic mass is 19.2. The molecule has 1 saturated carbocycles. The van der Waals surface area contributed by atoms with E-state index in [2.05, 4.69) is 35.8 Å². The van der Waals surface area contributed by atoms with Crippen LogP contribution in [0.2, 0.25) is 0 Å². The molecule has 1 unspecified atom stereocenters. The number of halogens is 2. The van der Waals surface area contributed by atoms with Crippen LogP contribution in [0.4, 0.5) is 26.5 Å². The number of aromatic amines is 1. The summed E-state index contributed by atoms with van der Waals surface area (Å²) >= 11 is 0. The Hall–Kier alpha value is -3.10. The van der Waals surface area contributed by atoms with Crippen molar-refractivity contribution in [1.29, 1.82) is 0 Å². The summed E-state index contributed by atoms with van der Waals surface area (Å²) in [6, 6.07) is 5.41. The molecule has 1 fully saturated rings. The maximum absolute atomic E-state index is 13.4. The van der Waals surface area contributed by atoms with Gasteiger partial charge in [-0.15, -0.1) is 0 Å². The molecule has 27 heavy (non-hydrogen) atoms. The Morgan fingerprint density at radius 3 is 2.59 bits per heavy atom. The number of hydrogen-bond acceptors (Lipinski definition) is 6. The third-order valence-electron chi connectivity index (χ3n) is 4.39. The molecule has 2 heterocycles. The summed E-state index contributed by atoms with van der Waals surface area (Å²) in [7, 11) is 0. The lowest BCUT2D eigenvalue weighted by molar-refractivity contribution is 0.506. The maximum atomic E-state index is 13.4. The normalized spacial score (nSPS) is 14.8. The van der Waals surface area contributed by atoms with Crippen molar-refractivity contribution in [2.24, 2.45) is 0 Å². The molecular formula is C18H19F2N7. The van der Waals surface area contributed by atoms with Gasteiger partial charge in [0.2, 0.25) is 11.9 Å². The van der Waals surface area contributed by atoms with Gasteiger partial charge in [-0.1, -0.05) is 6.07 Å². The van der Waals surface area contributed by atoms with E-state index in [1.807, 2.05) is 13.0 Å². The minimum atomic E-state index is -0.889. The smallest absolute Gasteiger partial charge is 0.233 e. The predicted molar refractivity (Wildman–Crippen MR) is 96.8 cm³/mol. The van der Waals surface area contributed by atoms with Crippen LogP contribution >= 0.6 is 0 Å². The van der Waals surface area contributed by atoms with Gasteiger partial charge in [0.05, 0.1) is 6.04 Å². The lowest BCUT2D eigenvalue weighted by atomic mass is 10.1. The number of H-pyrrole nitrogens is 1. The van der Waals surface area contributed by atoms with Gasteiger partial charge in [0.25, 0.3) is 0 Å². The zero-order valence-corrected chi connectivity index (χ0v) is 14.9. The molecule has 9 heteroatoms. The van der Waals surface area contributed by atoms with Gasteiger partial charge in [-0.05, 0) is 44.4 Å². The molecule has 0 radical (unpaired) electrons. The van der Waals surface area contributed by atoms with E-state index in [9.17, 15) is 8.78 Å². The van der Waals surface area contributed by atoms with Crippen LogP contribution < -0.4 is 10.6 Å². The summed E-state index contributed by atoms with van der Waals surface area (Å²) < 4.78 is 26.6. The lowest BCUT2D eigenvalue weighted by Crippen LogP contribution is -2.12. The Kier molecular flexibility index (Phi) is 4.43. The number of anilines is 3. The van der Waals surface area contributed by atoms with Crippen LogP contribution in [0.3, 0.4) is 0 Å². The highest BCUT2D eigenvalue weighted by Gasteiger charge is 2.25. The molecule has 3 aromatic rings. The Morgan fingerprint density at radius 2 is 1.85 bits per heavy atom. The van der Waals surface area contributed by atoms with Crippen molar-refractivity contribution in [3.05, 3.63) is 53.0 Å². The summed E-state index contributed by atoms with van der Waals surface area (Å²) in [6.45, 7) is 3.56. The summed E-state index contributed by atoms with van der Waals surface area (Å²) in [5.41, 5.74) is 1.69. The predicted octanol–water partition coefficient (Wildman–Crippen LogP) is 3.98. The fraction of sp³-hybridized carbons (Fsp3) is 0.333. The van der Waals surface area contributed by atoms with Crippen molar-refractivity contribution in [1.82, 2.24) is 25.1 Å². The van der Waals surface area contributed by atoms with E-state index in [4.69, 9.17) is 0 Å². The van der Waals surface area contributed by atoms with Crippen molar-refractivity contribution in [2.45, 2.75) is 38.6 Å². The number of nitrogens with zero attached hydrogens (tertiary/aromatic N) is 4. The summed E-state index contributed by atoms with van der Waals surface area (Å²) in [6.07, 6.45) is 2.37. The molecule has 140 valence electrons. The van der Waals surface area contributed by atoms with E-state index >= 15 is 0 Å². The zero-order chi connectivity index (χ0) is 19.0. The fourth-order valence-corrected chi connectivity index (χ4v) is 2.78. The van der Waals surface area contributed by atoms with Crippen LogP contribution in [0.5, 0.6) is 0 Å². The second-order valence-electron chi connectivity index (χ2n) is 6.68. The average molecular weight is 371 g/mol.